The molecule has 3 fully saturated rings. The third-order valence-electron chi connectivity index (χ3n) is 5.12. The van der Waals surface area contributed by atoms with Crippen molar-refractivity contribution in [3.05, 3.63) is 17.3 Å². The summed E-state index contributed by atoms with van der Waals surface area (Å²) < 4.78 is 0. The monoisotopic (exact) mass is 258 g/mol. The minimum atomic E-state index is 0.851. The Bertz CT molecular complexity index is 483. The summed E-state index contributed by atoms with van der Waals surface area (Å²) in [6.07, 6.45) is 2.87. The first-order valence-corrected chi connectivity index (χ1v) is 7.50. The molecule has 3 heterocycles. The third kappa shape index (κ3) is 2.02. The lowest BCUT2D eigenvalue weighted by molar-refractivity contribution is 0.306. The predicted octanol–water partition coefficient (Wildman–Crippen LogP) is 1.62. The average molecular weight is 258 g/mol. The number of rotatable bonds is 2. The van der Waals surface area contributed by atoms with Gasteiger partial charge in [-0.15, -0.1) is 5.10 Å². The predicted molar refractivity (Wildman–Crippen MR) is 75.3 cm³/mol. The number of anilines is 1. The van der Waals surface area contributed by atoms with Gasteiger partial charge in [-0.2, -0.15) is 5.10 Å². The zero-order valence-corrected chi connectivity index (χ0v) is 11.8. The van der Waals surface area contributed by atoms with Gasteiger partial charge in [0.2, 0.25) is 0 Å². The lowest BCUT2D eigenvalue weighted by Gasteiger charge is -2.22. The van der Waals surface area contributed by atoms with Crippen molar-refractivity contribution in [2.75, 3.05) is 31.1 Å². The van der Waals surface area contributed by atoms with Crippen LogP contribution in [0, 0.1) is 25.7 Å². The molecular weight excluding hydrogens is 236 g/mol. The van der Waals surface area contributed by atoms with Crippen molar-refractivity contribution in [3.63, 3.8) is 0 Å². The molecule has 4 nitrogen and oxygen atoms in total. The smallest absolute Gasteiger partial charge is 0.151 e. The molecule has 0 radical (unpaired) electrons. The molecule has 4 heteroatoms. The van der Waals surface area contributed by atoms with Gasteiger partial charge in [0.25, 0.3) is 0 Å². The van der Waals surface area contributed by atoms with E-state index in [1.165, 1.54) is 44.6 Å². The van der Waals surface area contributed by atoms with Crippen LogP contribution in [0.4, 0.5) is 5.82 Å². The Labute approximate surface area is 114 Å². The molecule has 0 N–H and O–H groups in total. The number of aromatic nitrogens is 2. The van der Waals surface area contributed by atoms with Crippen molar-refractivity contribution in [1.29, 1.82) is 0 Å². The molecule has 0 spiro atoms. The van der Waals surface area contributed by atoms with Crippen LogP contribution in [0.3, 0.4) is 0 Å². The van der Waals surface area contributed by atoms with Crippen molar-refractivity contribution >= 4 is 5.82 Å². The summed E-state index contributed by atoms with van der Waals surface area (Å²) in [7, 11) is 0. The highest BCUT2D eigenvalue weighted by molar-refractivity contribution is 5.42. The first-order valence-electron chi connectivity index (χ1n) is 7.50. The molecule has 0 bridgehead atoms. The van der Waals surface area contributed by atoms with Crippen LogP contribution in [-0.4, -0.2) is 47.3 Å². The Morgan fingerprint density at radius 3 is 2.26 bits per heavy atom. The number of hydrogen-bond acceptors (Lipinski definition) is 4. The maximum absolute atomic E-state index is 4.38. The van der Waals surface area contributed by atoms with E-state index in [2.05, 4.69) is 33.0 Å². The maximum atomic E-state index is 4.38. The van der Waals surface area contributed by atoms with E-state index in [1.807, 2.05) is 6.92 Å². The van der Waals surface area contributed by atoms with Gasteiger partial charge in [0.15, 0.2) is 5.82 Å². The maximum Gasteiger partial charge on any atom is 0.151 e. The van der Waals surface area contributed by atoms with Gasteiger partial charge in [-0.1, -0.05) is 0 Å². The van der Waals surface area contributed by atoms with Crippen LogP contribution < -0.4 is 4.90 Å². The first kappa shape index (κ1) is 11.6. The minimum Gasteiger partial charge on any atom is -0.354 e. The largest absolute Gasteiger partial charge is 0.354 e. The van der Waals surface area contributed by atoms with Crippen LogP contribution >= 0.6 is 0 Å². The van der Waals surface area contributed by atoms with Gasteiger partial charge in [0.1, 0.15) is 0 Å². The molecule has 19 heavy (non-hydrogen) atoms. The summed E-state index contributed by atoms with van der Waals surface area (Å²) in [5, 5.41) is 8.65. The number of nitrogens with zero attached hydrogens (tertiary/aromatic N) is 4. The first-order chi connectivity index (χ1) is 9.20. The van der Waals surface area contributed by atoms with E-state index in [9.17, 15) is 0 Å². The Morgan fingerprint density at radius 1 is 1.00 bits per heavy atom. The standard InChI is InChI=1S/C15H22N4/c1-10-5-15(17-16-11(10)2)19-8-12-6-18(14-3-4-14)7-13(12)9-19/h5,12-14H,3-4,6-9H2,1-2H3. The zero-order valence-electron chi connectivity index (χ0n) is 11.8. The van der Waals surface area contributed by atoms with E-state index < -0.39 is 0 Å². The van der Waals surface area contributed by atoms with Crippen molar-refractivity contribution in [3.8, 4) is 0 Å². The molecule has 1 saturated carbocycles. The SMILES string of the molecule is Cc1cc(N2CC3CN(C4CC4)CC3C2)nnc1C. The Morgan fingerprint density at radius 2 is 1.68 bits per heavy atom. The second-order valence-electron chi connectivity index (χ2n) is 6.58. The molecule has 2 saturated heterocycles. The molecule has 1 aromatic rings. The highest BCUT2D eigenvalue weighted by Gasteiger charge is 2.44. The Kier molecular flexibility index (Phi) is 2.56. The lowest BCUT2D eigenvalue weighted by Crippen LogP contribution is -2.30. The van der Waals surface area contributed by atoms with E-state index in [4.69, 9.17) is 0 Å². The molecule has 4 rings (SSSR count). The average Bonchev–Trinajstić information content (AvgIpc) is 3.04. The normalized spacial score (nSPS) is 30.9. The molecule has 1 aromatic heterocycles. The molecule has 102 valence electrons. The van der Waals surface area contributed by atoms with Gasteiger partial charge >= 0.3 is 0 Å². The van der Waals surface area contributed by atoms with Crippen molar-refractivity contribution in [1.82, 2.24) is 15.1 Å². The second-order valence-corrected chi connectivity index (χ2v) is 6.58. The molecule has 0 aromatic carbocycles. The summed E-state index contributed by atoms with van der Waals surface area (Å²) in [4.78, 5) is 5.16. The van der Waals surface area contributed by atoms with E-state index in [0.29, 0.717) is 0 Å². The summed E-state index contributed by atoms with van der Waals surface area (Å²) in [5.74, 6) is 2.78. The molecule has 2 unspecified atom stereocenters. The van der Waals surface area contributed by atoms with Crippen molar-refractivity contribution < 1.29 is 0 Å². The lowest BCUT2D eigenvalue weighted by atomic mass is 10.0. The Hall–Kier alpha value is -1.16. The fourth-order valence-corrected chi connectivity index (χ4v) is 3.64. The van der Waals surface area contributed by atoms with E-state index in [-0.39, 0.29) is 0 Å². The number of likely N-dealkylation sites (tertiary alicyclic amines) is 1. The third-order valence-corrected chi connectivity index (χ3v) is 5.12. The van der Waals surface area contributed by atoms with Gasteiger partial charge in [0, 0.05) is 32.2 Å². The molecule has 0 amide bonds. The van der Waals surface area contributed by atoms with Gasteiger partial charge in [-0.25, -0.2) is 0 Å². The van der Waals surface area contributed by atoms with Crippen LogP contribution in [0.15, 0.2) is 6.07 Å². The highest BCUT2D eigenvalue weighted by atomic mass is 15.3. The van der Waals surface area contributed by atoms with Gasteiger partial charge < -0.3 is 4.90 Å². The fourth-order valence-electron chi connectivity index (χ4n) is 3.64. The van der Waals surface area contributed by atoms with Crippen LogP contribution in [0.1, 0.15) is 24.1 Å². The van der Waals surface area contributed by atoms with Gasteiger partial charge in [0.05, 0.1) is 5.69 Å². The van der Waals surface area contributed by atoms with Crippen LogP contribution in [-0.2, 0) is 0 Å². The van der Waals surface area contributed by atoms with E-state index >= 15 is 0 Å². The minimum absolute atomic E-state index is 0.851. The quantitative estimate of drug-likeness (QED) is 0.807. The summed E-state index contributed by atoms with van der Waals surface area (Å²) in [6, 6.07) is 3.13. The van der Waals surface area contributed by atoms with Crippen LogP contribution in [0.25, 0.3) is 0 Å². The Balaban J connectivity index is 1.47. The van der Waals surface area contributed by atoms with E-state index in [1.54, 1.807) is 0 Å². The fraction of sp³-hybridized carbons (Fsp3) is 0.733. The molecular formula is C15H22N4. The summed E-state index contributed by atoms with van der Waals surface area (Å²) >= 11 is 0. The zero-order chi connectivity index (χ0) is 13.0. The van der Waals surface area contributed by atoms with Gasteiger partial charge in [-0.05, 0) is 50.2 Å². The van der Waals surface area contributed by atoms with E-state index in [0.717, 1.165) is 29.4 Å². The molecule has 1 aliphatic carbocycles. The summed E-state index contributed by atoms with van der Waals surface area (Å²) in [5.41, 5.74) is 2.30. The van der Waals surface area contributed by atoms with Crippen LogP contribution in [0.2, 0.25) is 0 Å². The highest BCUT2D eigenvalue weighted by Crippen LogP contribution is 2.38. The second kappa shape index (κ2) is 4.17. The van der Waals surface area contributed by atoms with Crippen molar-refractivity contribution in [2.24, 2.45) is 11.8 Å². The molecule has 2 atom stereocenters. The number of fused-ring (bicyclic) bond motifs is 1. The van der Waals surface area contributed by atoms with Crippen molar-refractivity contribution in [2.45, 2.75) is 32.7 Å². The number of aryl methyl sites for hydroxylation is 2. The molecule has 2 aliphatic heterocycles. The van der Waals surface area contributed by atoms with Crippen LogP contribution in [0.5, 0.6) is 0 Å². The molecule has 3 aliphatic rings. The topological polar surface area (TPSA) is 32.3 Å². The van der Waals surface area contributed by atoms with Gasteiger partial charge in [-0.3, -0.25) is 4.90 Å². The number of hydrogen-bond donors (Lipinski definition) is 0. The summed E-state index contributed by atoms with van der Waals surface area (Å²) in [6.45, 7) is 9.11.